The van der Waals surface area contributed by atoms with Crippen LogP contribution >= 0.6 is 22.9 Å². The van der Waals surface area contributed by atoms with Gasteiger partial charge in [-0.1, -0.05) is 25.4 Å². The first kappa shape index (κ1) is 25.1. The number of ketones is 1. The first-order valence-corrected chi connectivity index (χ1v) is 12.0. The highest BCUT2D eigenvalue weighted by Crippen LogP contribution is 2.44. The third kappa shape index (κ3) is 4.74. The molecule has 0 bridgehead atoms. The zero-order chi connectivity index (χ0) is 24.3. The lowest BCUT2D eigenvalue weighted by Crippen LogP contribution is -2.37. The second-order valence-corrected chi connectivity index (χ2v) is 9.03. The van der Waals surface area contributed by atoms with Crippen LogP contribution in [0.4, 0.5) is 0 Å². The Morgan fingerprint density at radius 2 is 1.85 bits per heavy atom. The molecule has 2 heterocycles. The van der Waals surface area contributed by atoms with E-state index in [0.717, 1.165) is 23.5 Å². The molecule has 2 aromatic rings. The van der Waals surface area contributed by atoms with Crippen LogP contribution in [0.5, 0.6) is 11.5 Å². The number of halogens is 1. The van der Waals surface area contributed by atoms with Crippen LogP contribution in [-0.4, -0.2) is 67.0 Å². The predicted molar refractivity (Wildman–Crippen MR) is 130 cm³/mol. The summed E-state index contributed by atoms with van der Waals surface area (Å²) in [6.45, 7) is 8.71. The van der Waals surface area contributed by atoms with Crippen LogP contribution in [0.25, 0.3) is 5.76 Å². The summed E-state index contributed by atoms with van der Waals surface area (Å²) in [5.41, 5.74) is 1.21. The van der Waals surface area contributed by atoms with Crippen LogP contribution in [0.1, 0.15) is 35.9 Å². The Hall–Kier alpha value is -2.55. The first-order chi connectivity index (χ1) is 15.8. The molecule has 1 aliphatic heterocycles. The van der Waals surface area contributed by atoms with Gasteiger partial charge in [-0.15, -0.1) is 11.3 Å². The van der Waals surface area contributed by atoms with E-state index in [1.807, 2.05) is 18.4 Å². The molecule has 9 heteroatoms. The standard InChI is InChI=1S/C24H29ClN2O5S/c1-6-26(7-2)9-10-27-20(23-14(3)8-11-33-23)19(22(29)24(27)30)21(28)15-12-16(25)18(32-5)13-17(15)31-4/h8,11-13,20,28H,6-7,9-10H2,1-5H3/b21-19+. The van der Waals surface area contributed by atoms with Crippen LogP contribution < -0.4 is 9.47 Å². The van der Waals surface area contributed by atoms with E-state index in [1.165, 1.54) is 31.6 Å². The second kappa shape index (κ2) is 10.6. The minimum atomic E-state index is -0.723. The summed E-state index contributed by atoms with van der Waals surface area (Å²) in [6, 6.07) is 4.27. The number of amides is 1. The molecule has 1 aromatic carbocycles. The summed E-state index contributed by atoms with van der Waals surface area (Å²) in [5, 5.41) is 13.5. The van der Waals surface area contributed by atoms with Crippen molar-refractivity contribution in [3.8, 4) is 11.5 Å². The van der Waals surface area contributed by atoms with Crippen molar-refractivity contribution in [3.63, 3.8) is 0 Å². The van der Waals surface area contributed by atoms with Crippen molar-refractivity contribution in [2.75, 3.05) is 40.4 Å². The molecule has 1 atom stereocenters. The van der Waals surface area contributed by atoms with Crippen molar-refractivity contribution in [2.24, 2.45) is 0 Å². The number of methoxy groups -OCH3 is 2. The Morgan fingerprint density at radius 3 is 2.39 bits per heavy atom. The number of benzene rings is 1. The average molecular weight is 493 g/mol. The van der Waals surface area contributed by atoms with Crippen LogP contribution in [0, 0.1) is 6.92 Å². The lowest BCUT2D eigenvalue weighted by molar-refractivity contribution is -0.140. The summed E-state index contributed by atoms with van der Waals surface area (Å²) in [4.78, 5) is 30.9. The Balaban J connectivity index is 2.17. The molecular formula is C24H29ClN2O5S. The third-order valence-corrected chi connectivity index (χ3v) is 7.34. The Morgan fingerprint density at radius 1 is 1.18 bits per heavy atom. The number of aliphatic hydroxyl groups excluding tert-OH is 1. The van der Waals surface area contributed by atoms with Gasteiger partial charge in [0.2, 0.25) is 0 Å². The molecule has 1 saturated heterocycles. The molecule has 1 unspecified atom stereocenters. The third-order valence-electron chi connectivity index (χ3n) is 5.97. The summed E-state index contributed by atoms with van der Waals surface area (Å²) in [6.07, 6.45) is 0. The van der Waals surface area contributed by atoms with Gasteiger partial charge in [0.25, 0.3) is 11.7 Å². The van der Waals surface area contributed by atoms with Gasteiger partial charge in [0, 0.05) is 24.0 Å². The van der Waals surface area contributed by atoms with Crippen LogP contribution in [0.3, 0.4) is 0 Å². The molecule has 1 amide bonds. The minimum absolute atomic E-state index is 0.0321. The van der Waals surface area contributed by atoms with Crippen molar-refractivity contribution in [3.05, 3.63) is 50.2 Å². The Bertz CT molecular complexity index is 1080. The molecule has 0 aliphatic carbocycles. The summed E-state index contributed by atoms with van der Waals surface area (Å²) in [7, 11) is 2.92. The Labute approximate surface area is 203 Å². The van der Waals surface area contributed by atoms with Gasteiger partial charge in [0.1, 0.15) is 17.3 Å². The van der Waals surface area contributed by atoms with E-state index >= 15 is 0 Å². The molecule has 1 aliphatic rings. The maximum absolute atomic E-state index is 13.2. The van der Waals surface area contributed by atoms with E-state index in [-0.39, 0.29) is 27.7 Å². The maximum Gasteiger partial charge on any atom is 0.295 e. The number of Topliss-reactive ketones (excluding diaryl/α,β-unsaturated/α-hetero) is 1. The van der Waals surface area contributed by atoms with Crippen molar-refractivity contribution in [1.82, 2.24) is 9.80 Å². The van der Waals surface area contributed by atoms with E-state index < -0.39 is 17.7 Å². The number of carbonyl (C=O) groups is 2. The van der Waals surface area contributed by atoms with Gasteiger partial charge < -0.3 is 24.4 Å². The van der Waals surface area contributed by atoms with E-state index in [0.29, 0.717) is 18.8 Å². The fraction of sp³-hybridized carbons (Fsp3) is 0.417. The predicted octanol–water partition coefficient (Wildman–Crippen LogP) is 4.49. The number of hydrogen-bond donors (Lipinski definition) is 1. The monoisotopic (exact) mass is 492 g/mol. The van der Waals surface area contributed by atoms with E-state index in [2.05, 4.69) is 18.7 Å². The van der Waals surface area contributed by atoms with Gasteiger partial charge in [0.05, 0.1) is 36.4 Å². The number of thiophene rings is 1. The number of aryl methyl sites for hydroxylation is 1. The zero-order valence-electron chi connectivity index (χ0n) is 19.5. The number of likely N-dealkylation sites (N-methyl/N-ethyl adjacent to an activating group) is 1. The van der Waals surface area contributed by atoms with Crippen LogP contribution in [-0.2, 0) is 9.59 Å². The summed E-state index contributed by atoms with van der Waals surface area (Å²) < 4.78 is 10.7. The number of rotatable bonds is 9. The molecule has 3 rings (SSSR count). The average Bonchev–Trinajstić information content (AvgIpc) is 3.34. The number of hydrogen-bond acceptors (Lipinski definition) is 7. The molecule has 0 spiro atoms. The quantitative estimate of drug-likeness (QED) is 0.315. The molecule has 178 valence electrons. The molecule has 33 heavy (non-hydrogen) atoms. The normalized spacial score (nSPS) is 17.8. The van der Waals surface area contributed by atoms with Gasteiger partial charge in [-0.05, 0) is 43.1 Å². The lowest BCUT2D eigenvalue weighted by Gasteiger charge is -2.28. The highest BCUT2D eigenvalue weighted by molar-refractivity contribution is 7.10. The molecule has 0 radical (unpaired) electrons. The van der Waals surface area contributed by atoms with Crippen molar-refractivity contribution in [1.29, 1.82) is 0 Å². The fourth-order valence-corrected chi connectivity index (χ4v) is 5.31. The zero-order valence-corrected chi connectivity index (χ0v) is 21.0. The largest absolute Gasteiger partial charge is 0.507 e. The number of nitrogens with zero attached hydrogens (tertiary/aromatic N) is 2. The molecule has 7 nitrogen and oxygen atoms in total. The molecule has 1 fully saturated rings. The van der Waals surface area contributed by atoms with Crippen molar-refractivity contribution >= 4 is 40.4 Å². The molecule has 0 saturated carbocycles. The lowest BCUT2D eigenvalue weighted by atomic mass is 9.98. The van der Waals surface area contributed by atoms with Crippen LogP contribution in [0.15, 0.2) is 29.2 Å². The molecular weight excluding hydrogens is 464 g/mol. The number of carbonyl (C=O) groups excluding carboxylic acids is 2. The number of likely N-dealkylation sites (tertiary alicyclic amines) is 1. The van der Waals surface area contributed by atoms with E-state index in [4.69, 9.17) is 21.1 Å². The van der Waals surface area contributed by atoms with Crippen molar-refractivity contribution < 1.29 is 24.2 Å². The minimum Gasteiger partial charge on any atom is -0.507 e. The van der Waals surface area contributed by atoms with Gasteiger partial charge in [0.15, 0.2) is 0 Å². The SMILES string of the molecule is CCN(CC)CCN1C(=O)C(=O)/C(=C(/O)c2cc(Cl)c(OC)cc2OC)C1c1sccc1C. The number of ether oxygens (including phenoxy) is 2. The van der Waals surface area contributed by atoms with Gasteiger partial charge >= 0.3 is 0 Å². The summed E-state index contributed by atoms with van der Waals surface area (Å²) in [5.74, 6) is -1.02. The van der Waals surface area contributed by atoms with Gasteiger partial charge in [-0.3, -0.25) is 9.59 Å². The molecule has 1 N–H and O–H groups in total. The van der Waals surface area contributed by atoms with Crippen LogP contribution in [0.2, 0.25) is 5.02 Å². The van der Waals surface area contributed by atoms with E-state index in [9.17, 15) is 14.7 Å². The smallest absolute Gasteiger partial charge is 0.295 e. The number of aliphatic hydroxyl groups is 1. The van der Waals surface area contributed by atoms with Gasteiger partial charge in [-0.25, -0.2) is 0 Å². The summed E-state index contributed by atoms with van der Waals surface area (Å²) >= 11 is 7.75. The topological polar surface area (TPSA) is 79.3 Å². The van der Waals surface area contributed by atoms with Crippen molar-refractivity contribution in [2.45, 2.75) is 26.8 Å². The fourth-order valence-electron chi connectivity index (χ4n) is 4.03. The Kier molecular flexibility index (Phi) is 8.05. The first-order valence-electron chi connectivity index (χ1n) is 10.8. The highest BCUT2D eigenvalue weighted by Gasteiger charge is 2.47. The van der Waals surface area contributed by atoms with E-state index in [1.54, 1.807) is 11.0 Å². The maximum atomic E-state index is 13.2. The second-order valence-electron chi connectivity index (χ2n) is 7.67. The van der Waals surface area contributed by atoms with Gasteiger partial charge in [-0.2, -0.15) is 0 Å². The molecule has 1 aromatic heterocycles. The highest BCUT2D eigenvalue weighted by atomic mass is 35.5.